The summed E-state index contributed by atoms with van der Waals surface area (Å²) in [6, 6.07) is 29.2. The van der Waals surface area contributed by atoms with Gasteiger partial charge in [-0.2, -0.15) is 0 Å². The fourth-order valence-corrected chi connectivity index (χ4v) is 2.60. The van der Waals surface area contributed by atoms with Crippen LogP contribution in [0.3, 0.4) is 0 Å². The van der Waals surface area contributed by atoms with Gasteiger partial charge in [0.2, 0.25) is 0 Å². The third-order valence-electron chi connectivity index (χ3n) is 3.74. The lowest BCUT2D eigenvalue weighted by Gasteiger charge is -2.34. The van der Waals surface area contributed by atoms with Crippen molar-refractivity contribution in [1.29, 1.82) is 0 Å². The number of hydrogen-bond acceptors (Lipinski definition) is 2. The van der Waals surface area contributed by atoms with Gasteiger partial charge in [0.1, 0.15) is 5.75 Å². The second kappa shape index (κ2) is 6.46. The van der Waals surface area contributed by atoms with Crippen molar-refractivity contribution in [2.24, 2.45) is 0 Å². The molecule has 0 aliphatic rings. The number of aliphatic hydroxyl groups excluding tert-OH is 1. The summed E-state index contributed by atoms with van der Waals surface area (Å²) in [5.41, 5.74) is 0.934. The van der Waals surface area contributed by atoms with Gasteiger partial charge in [-0.3, -0.25) is 0 Å². The fourth-order valence-electron chi connectivity index (χ4n) is 2.60. The van der Waals surface area contributed by atoms with Gasteiger partial charge in [0.25, 0.3) is 0 Å². The van der Waals surface area contributed by atoms with Crippen molar-refractivity contribution in [2.45, 2.75) is 5.60 Å². The molecule has 0 aliphatic heterocycles. The summed E-state index contributed by atoms with van der Waals surface area (Å²) >= 11 is 0. The van der Waals surface area contributed by atoms with Gasteiger partial charge in [0.15, 0.2) is 5.60 Å². The molecule has 0 spiro atoms. The molecule has 0 saturated heterocycles. The van der Waals surface area contributed by atoms with Crippen molar-refractivity contribution in [2.75, 3.05) is 6.61 Å². The molecule has 2 heteroatoms. The monoisotopic (exact) mass is 290 g/mol. The minimum Gasteiger partial charge on any atom is -0.475 e. The molecule has 0 saturated carbocycles. The van der Waals surface area contributed by atoms with Crippen LogP contribution in [0.5, 0.6) is 5.75 Å². The Labute approximate surface area is 130 Å². The van der Waals surface area contributed by atoms with Crippen molar-refractivity contribution in [3.63, 3.8) is 0 Å². The predicted octanol–water partition coefficient (Wildman–Crippen LogP) is 4.00. The maximum absolute atomic E-state index is 10.2. The first-order chi connectivity index (χ1) is 10.8. The fraction of sp³-hybridized carbons (Fsp3) is 0.100. The van der Waals surface area contributed by atoms with Crippen LogP contribution in [0.4, 0.5) is 0 Å². The molecule has 22 heavy (non-hydrogen) atoms. The highest BCUT2D eigenvalue weighted by Crippen LogP contribution is 2.34. The second-order valence-electron chi connectivity index (χ2n) is 5.13. The molecule has 0 aromatic heterocycles. The summed E-state index contributed by atoms with van der Waals surface area (Å²) in [6.45, 7) is -0.143. The van der Waals surface area contributed by atoms with Gasteiger partial charge in [0.05, 0.1) is 6.61 Å². The first-order valence-corrected chi connectivity index (χ1v) is 7.31. The molecular weight excluding hydrogens is 272 g/mol. The summed E-state index contributed by atoms with van der Waals surface area (Å²) < 4.78 is 6.27. The Morgan fingerprint density at radius 1 is 0.636 bits per heavy atom. The van der Waals surface area contributed by atoms with Crippen LogP contribution in [0, 0.1) is 0 Å². The molecule has 0 aliphatic carbocycles. The van der Waals surface area contributed by atoms with Crippen LogP contribution in [-0.4, -0.2) is 11.7 Å². The molecule has 0 heterocycles. The zero-order valence-corrected chi connectivity index (χ0v) is 12.2. The summed E-state index contributed by atoms with van der Waals surface area (Å²) in [6.07, 6.45) is 0. The van der Waals surface area contributed by atoms with Gasteiger partial charge in [-0.15, -0.1) is 0 Å². The van der Waals surface area contributed by atoms with Crippen LogP contribution in [0.15, 0.2) is 91.0 Å². The topological polar surface area (TPSA) is 29.5 Å². The van der Waals surface area contributed by atoms with E-state index in [2.05, 4.69) is 0 Å². The largest absolute Gasteiger partial charge is 0.475 e. The molecule has 0 atom stereocenters. The van der Waals surface area contributed by atoms with E-state index in [1.165, 1.54) is 0 Å². The minimum absolute atomic E-state index is 0.143. The smallest absolute Gasteiger partial charge is 0.182 e. The van der Waals surface area contributed by atoms with Crippen LogP contribution in [0.25, 0.3) is 0 Å². The van der Waals surface area contributed by atoms with Gasteiger partial charge < -0.3 is 9.84 Å². The molecule has 0 fully saturated rings. The van der Waals surface area contributed by atoms with Gasteiger partial charge in [0, 0.05) is 11.1 Å². The molecule has 0 unspecified atom stereocenters. The molecule has 0 bridgehead atoms. The van der Waals surface area contributed by atoms with Gasteiger partial charge >= 0.3 is 0 Å². The van der Waals surface area contributed by atoms with E-state index < -0.39 is 5.60 Å². The maximum atomic E-state index is 10.2. The zero-order chi connectivity index (χ0) is 15.3. The van der Waals surface area contributed by atoms with Crippen LogP contribution in [0.1, 0.15) is 11.1 Å². The third kappa shape index (κ3) is 2.74. The Balaban J connectivity index is 2.13. The van der Waals surface area contributed by atoms with Crippen LogP contribution in [-0.2, 0) is 5.60 Å². The zero-order valence-electron chi connectivity index (χ0n) is 12.2. The molecule has 0 radical (unpaired) electrons. The first kappa shape index (κ1) is 14.4. The molecule has 110 valence electrons. The van der Waals surface area contributed by atoms with E-state index in [-0.39, 0.29) is 6.61 Å². The van der Waals surface area contributed by atoms with E-state index in [0.717, 1.165) is 16.9 Å². The minimum atomic E-state index is -0.913. The lowest BCUT2D eigenvalue weighted by molar-refractivity contribution is 0.0408. The Morgan fingerprint density at radius 2 is 1.05 bits per heavy atom. The molecular formula is C20H18O2. The van der Waals surface area contributed by atoms with Gasteiger partial charge in [-0.1, -0.05) is 78.9 Å². The Hall–Kier alpha value is -2.58. The number of ether oxygens (including phenoxy) is 1. The molecule has 1 N–H and O–H groups in total. The molecule has 2 nitrogen and oxygen atoms in total. The molecule has 3 aromatic rings. The van der Waals surface area contributed by atoms with Crippen LogP contribution >= 0.6 is 0 Å². The summed E-state index contributed by atoms with van der Waals surface area (Å²) in [7, 11) is 0. The van der Waals surface area contributed by atoms with Crippen molar-refractivity contribution in [1.82, 2.24) is 0 Å². The van der Waals surface area contributed by atoms with E-state index in [9.17, 15) is 5.11 Å². The number of hydrogen-bond donors (Lipinski definition) is 1. The summed E-state index contributed by atoms with van der Waals surface area (Å²) in [5, 5.41) is 10.2. The molecule has 3 rings (SSSR count). The van der Waals surface area contributed by atoms with E-state index in [1.54, 1.807) is 0 Å². The van der Waals surface area contributed by atoms with E-state index >= 15 is 0 Å². The van der Waals surface area contributed by atoms with Gasteiger partial charge in [-0.05, 0) is 12.1 Å². The standard InChI is InChI=1S/C20H18O2/c21-16-20(17-10-4-1-5-11-17,18-12-6-2-7-13-18)22-19-14-8-3-9-15-19/h1-15,21H,16H2. The number of benzene rings is 3. The first-order valence-electron chi connectivity index (χ1n) is 7.31. The Bertz CT molecular complexity index is 654. The average molecular weight is 290 g/mol. The lowest BCUT2D eigenvalue weighted by Crippen LogP contribution is -2.38. The number of rotatable bonds is 5. The summed E-state index contributed by atoms with van der Waals surface area (Å²) in [5.74, 6) is 0.726. The SMILES string of the molecule is OCC(Oc1ccccc1)(c1ccccc1)c1ccccc1. The Morgan fingerprint density at radius 3 is 1.45 bits per heavy atom. The van der Waals surface area contributed by atoms with Crippen LogP contribution in [0.2, 0.25) is 0 Å². The normalized spacial score (nSPS) is 11.1. The van der Waals surface area contributed by atoms with Gasteiger partial charge in [-0.25, -0.2) is 0 Å². The maximum Gasteiger partial charge on any atom is 0.182 e. The number of aliphatic hydroxyl groups is 1. The second-order valence-corrected chi connectivity index (χ2v) is 5.13. The van der Waals surface area contributed by atoms with E-state index in [4.69, 9.17) is 4.74 Å². The van der Waals surface area contributed by atoms with Crippen molar-refractivity contribution >= 4 is 0 Å². The predicted molar refractivity (Wildman–Crippen MR) is 87.8 cm³/mol. The number of para-hydroxylation sites is 1. The van der Waals surface area contributed by atoms with Crippen molar-refractivity contribution < 1.29 is 9.84 Å². The van der Waals surface area contributed by atoms with E-state index in [0.29, 0.717) is 0 Å². The van der Waals surface area contributed by atoms with Crippen molar-refractivity contribution in [3.05, 3.63) is 102 Å². The highest BCUT2D eigenvalue weighted by Gasteiger charge is 2.36. The van der Waals surface area contributed by atoms with Crippen molar-refractivity contribution in [3.8, 4) is 5.75 Å². The van der Waals surface area contributed by atoms with E-state index in [1.807, 2.05) is 91.0 Å². The highest BCUT2D eigenvalue weighted by atomic mass is 16.5. The Kier molecular flexibility index (Phi) is 4.22. The molecule has 3 aromatic carbocycles. The van der Waals surface area contributed by atoms with Crippen LogP contribution < -0.4 is 4.74 Å². The molecule has 0 amide bonds. The lowest BCUT2D eigenvalue weighted by atomic mass is 9.86. The third-order valence-corrected chi connectivity index (χ3v) is 3.74. The highest BCUT2D eigenvalue weighted by molar-refractivity contribution is 5.39. The quantitative estimate of drug-likeness (QED) is 0.769. The average Bonchev–Trinajstić information content (AvgIpc) is 2.62. The summed E-state index contributed by atoms with van der Waals surface area (Å²) in [4.78, 5) is 0.